The van der Waals surface area contributed by atoms with Crippen LogP contribution < -0.4 is 5.73 Å². The highest BCUT2D eigenvalue weighted by Crippen LogP contribution is 2.16. The number of hydrogen-bond acceptors (Lipinski definition) is 3. The van der Waals surface area contributed by atoms with Crippen LogP contribution in [0.25, 0.3) is 0 Å². The molecule has 0 radical (unpaired) electrons. The fourth-order valence-corrected chi connectivity index (χ4v) is 4.17. The van der Waals surface area contributed by atoms with Gasteiger partial charge in [0, 0.05) is 32.7 Å². The van der Waals surface area contributed by atoms with Gasteiger partial charge in [-0.3, -0.25) is 0 Å². The lowest BCUT2D eigenvalue weighted by Gasteiger charge is -2.26. The van der Waals surface area contributed by atoms with Gasteiger partial charge in [0.25, 0.3) is 10.2 Å². The highest BCUT2D eigenvalue weighted by atomic mass is 35.5. The maximum Gasteiger partial charge on any atom is 0.282 e. The van der Waals surface area contributed by atoms with E-state index in [4.69, 9.17) is 5.73 Å². The monoisotopic (exact) mass is 333 g/mol. The summed E-state index contributed by atoms with van der Waals surface area (Å²) in [5.74, 6) is 0. The van der Waals surface area contributed by atoms with Crippen molar-refractivity contribution in [3.8, 4) is 0 Å². The normalized spacial score (nSPS) is 16.1. The standard InChI is InChI=1S/C14H23N3O2S.ClH/c15-9-13-17(12-8-14-6-2-1-3-7-14)20(18,19)16-10-4-5-11-16;/h1-3,6-7H,4-5,8-13,15H2;1H. The third kappa shape index (κ3) is 4.93. The second-order valence-electron chi connectivity index (χ2n) is 5.04. The van der Waals surface area contributed by atoms with Crippen LogP contribution in [0.15, 0.2) is 30.3 Å². The lowest BCUT2D eigenvalue weighted by Crippen LogP contribution is -2.45. The molecule has 0 unspecified atom stereocenters. The van der Waals surface area contributed by atoms with E-state index < -0.39 is 10.2 Å². The van der Waals surface area contributed by atoms with Gasteiger partial charge in [0.15, 0.2) is 0 Å². The molecule has 1 heterocycles. The molecule has 1 saturated heterocycles. The van der Waals surface area contributed by atoms with Crippen molar-refractivity contribution in [2.24, 2.45) is 5.73 Å². The van der Waals surface area contributed by atoms with E-state index >= 15 is 0 Å². The molecule has 1 aliphatic heterocycles. The van der Waals surface area contributed by atoms with E-state index in [-0.39, 0.29) is 12.4 Å². The average molecular weight is 334 g/mol. The maximum absolute atomic E-state index is 12.5. The van der Waals surface area contributed by atoms with E-state index in [0.29, 0.717) is 39.1 Å². The molecule has 7 heteroatoms. The zero-order chi connectivity index (χ0) is 14.4. The first-order valence-corrected chi connectivity index (χ1v) is 8.53. The molecule has 0 bridgehead atoms. The van der Waals surface area contributed by atoms with Crippen molar-refractivity contribution in [1.29, 1.82) is 0 Å². The van der Waals surface area contributed by atoms with Crippen molar-refractivity contribution in [2.45, 2.75) is 19.3 Å². The third-order valence-electron chi connectivity index (χ3n) is 3.59. The van der Waals surface area contributed by atoms with Crippen molar-refractivity contribution < 1.29 is 8.42 Å². The van der Waals surface area contributed by atoms with E-state index in [9.17, 15) is 8.42 Å². The van der Waals surface area contributed by atoms with E-state index in [1.165, 1.54) is 4.31 Å². The van der Waals surface area contributed by atoms with E-state index in [2.05, 4.69) is 0 Å². The molecule has 0 atom stereocenters. The van der Waals surface area contributed by atoms with Gasteiger partial charge in [-0.05, 0) is 24.8 Å². The molecular weight excluding hydrogens is 310 g/mol. The Kier molecular flexibility index (Phi) is 7.62. The molecule has 0 spiro atoms. The minimum atomic E-state index is -3.35. The summed E-state index contributed by atoms with van der Waals surface area (Å²) in [4.78, 5) is 0. The fraction of sp³-hybridized carbons (Fsp3) is 0.571. The molecule has 1 aromatic rings. The van der Waals surface area contributed by atoms with Gasteiger partial charge >= 0.3 is 0 Å². The summed E-state index contributed by atoms with van der Waals surface area (Å²) in [5, 5.41) is 0. The first-order valence-electron chi connectivity index (χ1n) is 7.14. The zero-order valence-electron chi connectivity index (χ0n) is 12.1. The van der Waals surface area contributed by atoms with Crippen LogP contribution >= 0.6 is 12.4 Å². The Hall–Kier alpha value is -0.660. The smallest absolute Gasteiger partial charge is 0.282 e. The average Bonchev–Trinajstić information content (AvgIpc) is 2.99. The van der Waals surface area contributed by atoms with Gasteiger partial charge in [-0.15, -0.1) is 12.4 Å². The number of nitrogens with zero attached hydrogens (tertiary/aromatic N) is 2. The Morgan fingerprint density at radius 2 is 1.71 bits per heavy atom. The SMILES string of the molecule is Cl.NCCN(CCc1ccccc1)S(=O)(=O)N1CCCC1. The minimum absolute atomic E-state index is 0. The van der Waals surface area contributed by atoms with Gasteiger partial charge in [-0.2, -0.15) is 17.0 Å². The summed E-state index contributed by atoms with van der Waals surface area (Å²) >= 11 is 0. The predicted molar refractivity (Wildman–Crippen MR) is 87.7 cm³/mol. The van der Waals surface area contributed by atoms with E-state index in [1.807, 2.05) is 30.3 Å². The Labute approximate surface area is 133 Å². The molecule has 0 aliphatic carbocycles. The van der Waals surface area contributed by atoms with Crippen LogP contribution in [-0.4, -0.2) is 49.8 Å². The molecule has 2 N–H and O–H groups in total. The van der Waals surface area contributed by atoms with Gasteiger partial charge in [0.2, 0.25) is 0 Å². The predicted octanol–water partition coefficient (Wildman–Crippen LogP) is 1.25. The van der Waals surface area contributed by atoms with Gasteiger partial charge in [-0.1, -0.05) is 30.3 Å². The van der Waals surface area contributed by atoms with Gasteiger partial charge < -0.3 is 5.73 Å². The quantitative estimate of drug-likeness (QED) is 0.816. The lowest BCUT2D eigenvalue weighted by atomic mass is 10.1. The summed E-state index contributed by atoms with van der Waals surface area (Å²) in [6.45, 7) is 2.48. The van der Waals surface area contributed by atoms with Crippen molar-refractivity contribution in [3.63, 3.8) is 0 Å². The Balaban J connectivity index is 0.00000220. The molecule has 2 rings (SSSR count). The van der Waals surface area contributed by atoms with Crippen molar-refractivity contribution in [1.82, 2.24) is 8.61 Å². The van der Waals surface area contributed by atoms with Crippen LogP contribution in [0.5, 0.6) is 0 Å². The molecular formula is C14H24ClN3O2S. The summed E-state index contributed by atoms with van der Waals surface area (Å²) in [6.07, 6.45) is 2.62. The largest absolute Gasteiger partial charge is 0.329 e. The summed E-state index contributed by atoms with van der Waals surface area (Å²) in [6, 6.07) is 9.93. The number of nitrogens with two attached hydrogens (primary N) is 1. The molecule has 0 aromatic heterocycles. The van der Waals surface area contributed by atoms with E-state index in [0.717, 1.165) is 18.4 Å². The van der Waals surface area contributed by atoms with E-state index in [1.54, 1.807) is 4.31 Å². The second kappa shape index (κ2) is 8.70. The highest BCUT2D eigenvalue weighted by Gasteiger charge is 2.30. The van der Waals surface area contributed by atoms with Crippen molar-refractivity contribution >= 4 is 22.6 Å². The molecule has 0 amide bonds. The second-order valence-corrected chi connectivity index (χ2v) is 6.97. The van der Waals surface area contributed by atoms with Crippen LogP contribution in [0, 0.1) is 0 Å². The highest BCUT2D eigenvalue weighted by molar-refractivity contribution is 7.86. The summed E-state index contributed by atoms with van der Waals surface area (Å²) in [5.41, 5.74) is 6.71. The number of rotatable bonds is 7. The minimum Gasteiger partial charge on any atom is -0.329 e. The van der Waals surface area contributed by atoms with Crippen LogP contribution in [0.1, 0.15) is 18.4 Å². The molecule has 5 nitrogen and oxygen atoms in total. The number of hydrogen-bond donors (Lipinski definition) is 1. The van der Waals surface area contributed by atoms with Crippen molar-refractivity contribution in [2.75, 3.05) is 32.7 Å². The van der Waals surface area contributed by atoms with Crippen LogP contribution in [-0.2, 0) is 16.6 Å². The van der Waals surface area contributed by atoms with Gasteiger partial charge in [0.05, 0.1) is 0 Å². The molecule has 120 valence electrons. The maximum atomic E-state index is 12.5. The molecule has 1 fully saturated rings. The molecule has 1 aromatic carbocycles. The molecule has 1 aliphatic rings. The first-order chi connectivity index (χ1) is 9.64. The zero-order valence-corrected chi connectivity index (χ0v) is 13.8. The van der Waals surface area contributed by atoms with Gasteiger partial charge in [-0.25, -0.2) is 0 Å². The third-order valence-corrected chi connectivity index (χ3v) is 5.62. The fourth-order valence-electron chi connectivity index (χ4n) is 2.47. The lowest BCUT2D eigenvalue weighted by molar-refractivity contribution is 0.366. The number of benzene rings is 1. The summed E-state index contributed by atoms with van der Waals surface area (Å²) < 4.78 is 28.2. The van der Waals surface area contributed by atoms with Crippen LogP contribution in [0.3, 0.4) is 0 Å². The first kappa shape index (κ1) is 18.4. The van der Waals surface area contributed by atoms with Crippen LogP contribution in [0.2, 0.25) is 0 Å². The Bertz CT molecular complexity index is 504. The Morgan fingerprint density at radius 3 is 2.29 bits per heavy atom. The summed E-state index contributed by atoms with van der Waals surface area (Å²) in [7, 11) is -3.35. The molecule has 0 saturated carbocycles. The van der Waals surface area contributed by atoms with Gasteiger partial charge in [0.1, 0.15) is 0 Å². The van der Waals surface area contributed by atoms with Crippen LogP contribution in [0.4, 0.5) is 0 Å². The Morgan fingerprint density at radius 1 is 1.10 bits per heavy atom. The number of halogens is 1. The van der Waals surface area contributed by atoms with Crippen molar-refractivity contribution in [3.05, 3.63) is 35.9 Å². The molecule has 21 heavy (non-hydrogen) atoms. The topological polar surface area (TPSA) is 66.6 Å².